The Morgan fingerprint density at radius 3 is 2.23 bits per heavy atom. The fourth-order valence-corrected chi connectivity index (χ4v) is 3.29. The van der Waals surface area contributed by atoms with Gasteiger partial charge in [0.1, 0.15) is 24.0 Å². The van der Waals surface area contributed by atoms with Gasteiger partial charge >= 0.3 is 17.9 Å². The fraction of sp³-hybridized carbons (Fsp3) is 0.250. The van der Waals surface area contributed by atoms with Crippen molar-refractivity contribution in [2.24, 2.45) is 0 Å². The minimum Gasteiger partial charge on any atom is -0.426 e. The second kappa shape index (κ2) is 13.3. The van der Waals surface area contributed by atoms with Crippen LogP contribution < -0.4 is 4.74 Å². The molecule has 0 saturated carbocycles. The van der Waals surface area contributed by atoms with Crippen LogP contribution >= 0.6 is 11.8 Å². The molecule has 0 fully saturated rings. The average molecular weight is 510 g/mol. The third-order valence-corrected chi connectivity index (χ3v) is 5.01. The largest absolute Gasteiger partial charge is 0.426 e. The highest BCUT2D eigenvalue weighted by Crippen LogP contribution is 2.21. The minimum atomic E-state index is -1.19. The molecule has 2 aromatic rings. The Morgan fingerprint density at radius 2 is 1.60 bits per heavy atom. The molecule has 14 nitrogen and oxygen atoms in total. The molecule has 0 N–H and O–H groups in total. The Labute approximate surface area is 201 Å². The van der Waals surface area contributed by atoms with Gasteiger partial charge in [-0.25, -0.2) is 9.59 Å². The molecule has 0 amide bonds. The van der Waals surface area contributed by atoms with E-state index in [4.69, 9.17) is 14.2 Å². The van der Waals surface area contributed by atoms with Gasteiger partial charge in [-0.05, 0) is 36.4 Å². The lowest BCUT2D eigenvalue weighted by Crippen LogP contribution is -2.26. The number of nitrogens with zero attached hydrogens (tertiary/aromatic N) is 2. The van der Waals surface area contributed by atoms with E-state index >= 15 is 0 Å². The summed E-state index contributed by atoms with van der Waals surface area (Å²) < 4.78 is 14.7. The summed E-state index contributed by atoms with van der Waals surface area (Å²) >= 11 is 1.08. The summed E-state index contributed by atoms with van der Waals surface area (Å²) in [6.07, 6.45) is -1.19. The molecule has 0 aliphatic carbocycles. The number of rotatable bonds is 13. The molecule has 186 valence electrons. The maximum atomic E-state index is 12.2. The Morgan fingerprint density at radius 1 is 0.943 bits per heavy atom. The highest BCUT2D eigenvalue weighted by Gasteiger charge is 2.18. The van der Waals surface area contributed by atoms with Crippen molar-refractivity contribution >= 4 is 29.7 Å². The van der Waals surface area contributed by atoms with E-state index in [2.05, 4.69) is 9.68 Å². The van der Waals surface area contributed by atoms with Crippen molar-refractivity contribution in [3.05, 3.63) is 79.9 Å². The second-order valence-corrected chi connectivity index (χ2v) is 7.47. The van der Waals surface area contributed by atoms with Gasteiger partial charge in [0.25, 0.3) is 10.2 Å². The number of thioether (sulfide) groups is 1. The van der Waals surface area contributed by atoms with Crippen molar-refractivity contribution in [2.75, 3.05) is 19.2 Å². The first-order chi connectivity index (χ1) is 16.7. The van der Waals surface area contributed by atoms with Crippen LogP contribution in [0.15, 0.2) is 53.4 Å². The maximum absolute atomic E-state index is 12.2. The van der Waals surface area contributed by atoms with Crippen LogP contribution in [0.25, 0.3) is 0 Å². The first-order valence-electron chi connectivity index (χ1n) is 9.58. The lowest BCUT2D eigenvalue weighted by Gasteiger charge is -2.13. The molecular formula is C20H18N2O12S. The molecule has 35 heavy (non-hydrogen) atoms. The zero-order chi connectivity index (χ0) is 25.8. The highest BCUT2D eigenvalue weighted by molar-refractivity contribution is 7.99. The third-order valence-electron chi connectivity index (χ3n) is 3.87. The van der Waals surface area contributed by atoms with Crippen molar-refractivity contribution in [1.29, 1.82) is 0 Å². The van der Waals surface area contributed by atoms with E-state index in [1.807, 2.05) is 0 Å². The van der Waals surface area contributed by atoms with Gasteiger partial charge < -0.3 is 23.9 Å². The van der Waals surface area contributed by atoms with Gasteiger partial charge in [-0.2, -0.15) is 0 Å². The fourth-order valence-electron chi connectivity index (χ4n) is 2.43. The van der Waals surface area contributed by atoms with Crippen LogP contribution in [0.4, 0.5) is 0 Å². The molecule has 0 bridgehead atoms. The van der Waals surface area contributed by atoms with E-state index in [-0.39, 0.29) is 22.6 Å². The van der Waals surface area contributed by atoms with Crippen molar-refractivity contribution in [2.45, 2.75) is 17.9 Å². The Hall–Kier alpha value is -4.40. The molecule has 2 aromatic carbocycles. The van der Waals surface area contributed by atoms with E-state index in [9.17, 15) is 34.6 Å². The summed E-state index contributed by atoms with van der Waals surface area (Å²) in [5.74, 6) is -2.32. The molecule has 0 spiro atoms. The monoisotopic (exact) mass is 510 g/mol. The predicted octanol–water partition coefficient (Wildman–Crippen LogP) is 2.46. The standard InChI is InChI=1S/C20H18N2O12S/c1-13(23)33-18-5-3-2-4-17(18)20(25)31-12-30-19(24)14-6-8-16(9-7-14)35-11-15(34-22(28)29)10-32-21(26)27/h2-9,15H,10-12H2,1H3. The van der Waals surface area contributed by atoms with Crippen molar-refractivity contribution in [3.8, 4) is 5.75 Å². The minimum absolute atomic E-state index is 0.000194. The van der Waals surface area contributed by atoms with Gasteiger partial charge in [-0.3, -0.25) is 4.79 Å². The predicted molar refractivity (Wildman–Crippen MR) is 115 cm³/mol. The summed E-state index contributed by atoms with van der Waals surface area (Å²) in [6.45, 7) is -0.147. The zero-order valence-corrected chi connectivity index (χ0v) is 18.8. The van der Waals surface area contributed by atoms with Crippen molar-refractivity contribution < 1.29 is 48.4 Å². The number of hydrogen-bond acceptors (Lipinski definition) is 13. The number of hydrogen-bond donors (Lipinski definition) is 0. The maximum Gasteiger partial charge on any atom is 0.344 e. The quantitative estimate of drug-likeness (QED) is 0.0956. The van der Waals surface area contributed by atoms with Gasteiger partial charge in [0, 0.05) is 17.6 Å². The number of benzene rings is 2. The van der Waals surface area contributed by atoms with Crippen LogP contribution in [0, 0.1) is 20.2 Å². The van der Waals surface area contributed by atoms with Crippen LogP contribution in [0.3, 0.4) is 0 Å². The van der Waals surface area contributed by atoms with E-state index < -0.39 is 47.6 Å². The topological polar surface area (TPSA) is 184 Å². The molecular weight excluding hydrogens is 492 g/mol. The molecule has 2 rings (SSSR count). The molecule has 0 saturated heterocycles. The zero-order valence-electron chi connectivity index (χ0n) is 18.0. The molecule has 1 atom stereocenters. The summed E-state index contributed by atoms with van der Waals surface area (Å²) in [7, 11) is 0. The van der Waals surface area contributed by atoms with E-state index in [0.717, 1.165) is 11.8 Å². The van der Waals surface area contributed by atoms with E-state index in [1.54, 1.807) is 6.07 Å². The molecule has 0 radical (unpaired) electrons. The lowest BCUT2D eigenvalue weighted by molar-refractivity contribution is -0.788. The number of carbonyl (C=O) groups is 3. The van der Waals surface area contributed by atoms with E-state index in [1.165, 1.54) is 49.4 Å². The van der Waals surface area contributed by atoms with E-state index in [0.29, 0.717) is 4.90 Å². The first-order valence-corrected chi connectivity index (χ1v) is 10.6. The normalized spacial score (nSPS) is 11.0. The van der Waals surface area contributed by atoms with Gasteiger partial charge in [-0.15, -0.1) is 32.0 Å². The molecule has 0 heterocycles. The third kappa shape index (κ3) is 9.55. The molecule has 0 aromatic heterocycles. The van der Waals surface area contributed by atoms with Crippen molar-refractivity contribution in [3.63, 3.8) is 0 Å². The lowest BCUT2D eigenvalue weighted by atomic mass is 10.2. The summed E-state index contributed by atoms with van der Waals surface area (Å²) in [5, 5.41) is 18.6. The van der Waals surface area contributed by atoms with Crippen LogP contribution in [0.5, 0.6) is 5.75 Å². The molecule has 15 heteroatoms. The summed E-state index contributed by atoms with van der Waals surface area (Å²) in [5.41, 5.74) is 0.101. The number of carbonyl (C=O) groups excluding carboxylic acids is 3. The van der Waals surface area contributed by atoms with Crippen LogP contribution in [-0.2, 0) is 23.9 Å². The van der Waals surface area contributed by atoms with Gasteiger partial charge in [0.2, 0.25) is 6.79 Å². The van der Waals surface area contributed by atoms with Crippen LogP contribution in [0.2, 0.25) is 0 Å². The van der Waals surface area contributed by atoms with Gasteiger partial charge in [0.15, 0.2) is 0 Å². The highest BCUT2D eigenvalue weighted by atomic mass is 32.2. The first kappa shape index (κ1) is 26.8. The Balaban J connectivity index is 1.85. The SMILES string of the molecule is CC(=O)Oc1ccccc1C(=O)OCOC(=O)c1ccc(SCC(CO[N+](=O)[O-])O[N+](=O)[O-])cc1. The molecule has 1 unspecified atom stereocenters. The van der Waals surface area contributed by atoms with Crippen LogP contribution in [0.1, 0.15) is 27.6 Å². The molecule has 0 aliphatic heterocycles. The number of ether oxygens (including phenoxy) is 3. The molecule has 0 aliphatic rings. The smallest absolute Gasteiger partial charge is 0.344 e. The van der Waals surface area contributed by atoms with Crippen LogP contribution in [-0.4, -0.2) is 53.3 Å². The number of para-hydroxylation sites is 1. The summed E-state index contributed by atoms with van der Waals surface area (Å²) in [6, 6.07) is 11.7. The van der Waals surface area contributed by atoms with Gasteiger partial charge in [0.05, 0.1) is 5.56 Å². The van der Waals surface area contributed by atoms with Crippen molar-refractivity contribution in [1.82, 2.24) is 0 Å². The Bertz CT molecular complexity index is 1080. The Kier molecular flexibility index (Phi) is 10.2. The number of esters is 3. The van der Waals surface area contributed by atoms with Gasteiger partial charge in [-0.1, -0.05) is 12.1 Å². The second-order valence-electron chi connectivity index (χ2n) is 6.38. The summed E-state index contributed by atoms with van der Waals surface area (Å²) in [4.78, 5) is 65.3. The average Bonchev–Trinajstić information content (AvgIpc) is 2.80.